The van der Waals surface area contributed by atoms with Crippen molar-refractivity contribution in [2.75, 3.05) is 13.2 Å². The van der Waals surface area contributed by atoms with Crippen LogP contribution in [0.3, 0.4) is 0 Å². The van der Waals surface area contributed by atoms with E-state index in [-0.39, 0.29) is 5.41 Å². The van der Waals surface area contributed by atoms with Gasteiger partial charge in [-0.05, 0) is 112 Å². The normalized spacial score (nSPS) is 47.1. The smallest absolute Gasteiger partial charge is 0.383 e. The molecule has 5 heteroatoms. The fourth-order valence-corrected chi connectivity index (χ4v) is 8.17. The van der Waals surface area contributed by atoms with Gasteiger partial charge < -0.3 is 9.84 Å². The molecule has 1 N–H and O–H groups in total. The second-order valence-electron chi connectivity index (χ2n) is 10.5. The van der Waals surface area contributed by atoms with E-state index in [1.54, 1.807) is 0 Å². The van der Waals surface area contributed by atoms with Crippen LogP contribution >= 0.6 is 0 Å². The van der Waals surface area contributed by atoms with Crippen molar-refractivity contribution in [3.63, 3.8) is 0 Å². The molecule has 4 fully saturated rings. The monoisotopic (exact) mass is 402 g/mol. The van der Waals surface area contributed by atoms with Crippen molar-refractivity contribution in [1.29, 1.82) is 0 Å². The van der Waals surface area contributed by atoms with Crippen LogP contribution in [0.25, 0.3) is 0 Å². The van der Waals surface area contributed by atoms with E-state index in [2.05, 4.69) is 13.8 Å². The number of hydrogen-bond donors (Lipinski definition) is 1. The van der Waals surface area contributed by atoms with Crippen LogP contribution < -0.4 is 0 Å². The molecule has 0 radical (unpaired) electrons. The molecule has 0 aromatic rings. The third kappa shape index (κ3) is 3.53. The van der Waals surface area contributed by atoms with E-state index in [1.807, 2.05) is 0 Å². The Labute approximate surface area is 167 Å². The van der Waals surface area contributed by atoms with Gasteiger partial charge >= 0.3 is 6.18 Å². The van der Waals surface area contributed by atoms with Crippen LogP contribution in [0, 0.1) is 46.8 Å². The largest absolute Gasteiger partial charge is 0.414 e. The Bertz CT molecular complexity index is 550. The number of halogens is 3. The first-order valence-corrected chi connectivity index (χ1v) is 11.6. The maximum Gasteiger partial charge on any atom is 0.414 e. The second-order valence-corrected chi connectivity index (χ2v) is 10.5. The minimum absolute atomic E-state index is 0.338. The summed E-state index contributed by atoms with van der Waals surface area (Å²) in [4.78, 5) is 0. The highest BCUT2D eigenvalue weighted by Gasteiger charge is 2.61. The van der Waals surface area contributed by atoms with Crippen molar-refractivity contribution in [1.82, 2.24) is 0 Å². The Kier molecular flexibility index (Phi) is 5.81. The first kappa shape index (κ1) is 21.0. The molecule has 0 aliphatic heterocycles. The molecule has 0 amide bonds. The predicted octanol–water partition coefficient (Wildman–Crippen LogP) is 5.83. The van der Waals surface area contributed by atoms with E-state index in [0.29, 0.717) is 30.1 Å². The Morgan fingerprint density at radius 2 is 1.75 bits per heavy atom. The summed E-state index contributed by atoms with van der Waals surface area (Å²) in [6, 6.07) is 0. The quantitative estimate of drug-likeness (QED) is 0.641. The van der Waals surface area contributed by atoms with Gasteiger partial charge in [-0.2, -0.15) is 13.2 Å². The average molecular weight is 403 g/mol. The molecule has 0 bridgehead atoms. The van der Waals surface area contributed by atoms with Crippen molar-refractivity contribution in [2.45, 2.75) is 83.9 Å². The molecule has 9 unspecified atom stereocenters. The van der Waals surface area contributed by atoms with Gasteiger partial charge in [-0.1, -0.05) is 6.92 Å². The SMILES string of the molecule is CCOCC1CCC2C(CCC3C2CCC2(C)C3CCC2C(O)C(F)(F)F)C1. The minimum Gasteiger partial charge on any atom is -0.383 e. The summed E-state index contributed by atoms with van der Waals surface area (Å²) < 4.78 is 45.4. The van der Waals surface area contributed by atoms with E-state index >= 15 is 0 Å². The molecule has 4 aliphatic carbocycles. The molecule has 0 spiro atoms. The molecular weight excluding hydrogens is 365 g/mol. The molecule has 4 aliphatic rings. The summed E-state index contributed by atoms with van der Waals surface area (Å²) in [6.45, 7) is 5.80. The van der Waals surface area contributed by atoms with Gasteiger partial charge in [0, 0.05) is 13.2 Å². The Morgan fingerprint density at radius 3 is 2.46 bits per heavy atom. The van der Waals surface area contributed by atoms with Crippen molar-refractivity contribution >= 4 is 0 Å². The molecule has 0 saturated heterocycles. The van der Waals surface area contributed by atoms with Crippen molar-refractivity contribution < 1.29 is 23.0 Å². The number of aliphatic hydroxyl groups excluding tert-OH is 1. The van der Waals surface area contributed by atoms with Crippen LogP contribution in [0.2, 0.25) is 0 Å². The van der Waals surface area contributed by atoms with Crippen LogP contribution in [-0.2, 0) is 4.74 Å². The van der Waals surface area contributed by atoms with Crippen molar-refractivity contribution in [3.05, 3.63) is 0 Å². The first-order chi connectivity index (χ1) is 13.3. The van der Waals surface area contributed by atoms with Crippen LogP contribution in [0.15, 0.2) is 0 Å². The summed E-state index contributed by atoms with van der Waals surface area (Å²) >= 11 is 0. The van der Waals surface area contributed by atoms with Gasteiger partial charge in [-0.25, -0.2) is 0 Å². The van der Waals surface area contributed by atoms with Crippen molar-refractivity contribution in [3.8, 4) is 0 Å². The molecule has 162 valence electrons. The highest BCUT2D eigenvalue weighted by molar-refractivity contribution is 5.07. The van der Waals surface area contributed by atoms with E-state index in [0.717, 1.165) is 44.3 Å². The number of aliphatic hydroxyl groups is 1. The Balaban J connectivity index is 1.45. The third-order valence-corrected chi connectivity index (χ3v) is 9.41. The lowest BCUT2D eigenvalue weighted by molar-refractivity contribution is -0.233. The van der Waals surface area contributed by atoms with E-state index < -0.39 is 18.2 Å². The Morgan fingerprint density at radius 1 is 1.00 bits per heavy atom. The van der Waals surface area contributed by atoms with E-state index in [9.17, 15) is 18.3 Å². The summed E-state index contributed by atoms with van der Waals surface area (Å²) in [7, 11) is 0. The predicted molar refractivity (Wildman–Crippen MR) is 103 cm³/mol. The van der Waals surface area contributed by atoms with Gasteiger partial charge in [0.2, 0.25) is 0 Å². The molecule has 4 rings (SSSR count). The lowest BCUT2D eigenvalue weighted by Gasteiger charge is -2.56. The molecule has 0 aromatic carbocycles. The number of fused-ring (bicyclic) bond motifs is 5. The average Bonchev–Trinajstić information content (AvgIpc) is 3.01. The molecule has 0 aromatic heterocycles. The summed E-state index contributed by atoms with van der Waals surface area (Å²) in [6.07, 6.45) is 2.94. The number of alkyl halides is 3. The Hall–Kier alpha value is -0.290. The number of ether oxygens (including phenoxy) is 1. The van der Waals surface area contributed by atoms with Crippen LogP contribution in [0.1, 0.15) is 71.6 Å². The van der Waals surface area contributed by atoms with Gasteiger partial charge in [0.15, 0.2) is 6.10 Å². The maximum atomic E-state index is 13.2. The van der Waals surface area contributed by atoms with E-state index in [4.69, 9.17) is 4.74 Å². The lowest BCUT2D eigenvalue weighted by Crippen LogP contribution is -2.51. The highest BCUT2D eigenvalue weighted by atomic mass is 19.4. The minimum atomic E-state index is -4.49. The topological polar surface area (TPSA) is 29.5 Å². The lowest BCUT2D eigenvalue weighted by atomic mass is 9.49. The summed E-state index contributed by atoms with van der Waals surface area (Å²) in [5.74, 6) is 3.30. The number of hydrogen-bond acceptors (Lipinski definition) is 2. The maximum absolute atomic E-state index is 13.2. The van der Waals surface area contributed by atoms with Crippen LogP contribution in [0.4, 0.5) is 13.2 Å². The van der Waals surface area contributed by atoms with Crippen LogP contribution in [-0.4, -0.2) is 30.6 Å². The zero-order valence-corrected chi connectivity index (χ0v) is 17.4. The molecule has 0 heterocycles. The van der Waals surface area contributed by atoms with Gasteiger partial charge in [-0.3, -0.25) is 0 Å². The highest BCUT2D eigenvalue weighted by Crippen LogP contribution is 2.65. The zero-order valence-electron chi connectivity index (χ0n) is 17.4. The molecule has 28 heavy (non-hydrogen) atoms. The molecule has 9 atom stereocenters. The van der Waals surface area contributed by atoms with Gasteiger partial charge in [0.1, 0.15) is 0 Å². The summed E-state index contributed by atoms with van der Waals surface area (Å²) in [5, 5.41) is 10.0. The fourth-order valence-electron chi connectivity index (χ4n) is 8.17. The molecule has 2 nitrogen and oxygen atoms in total. The second kappa shape index (κ2) is 7.76. The first-order valence-electron chi connectivity index (χ1n) is 11.6. The zero-order chi connectivity index (χ0) is 20.1. The fraction of sp³-hybridized carbons (Fsp3) is 1.00. The summed E-state index contributed by atoms with van der Waals surface area (Å²) in [5.41, 5.74) is -0.338. The van der Waals surface area contributed by atoms with Crippen LogP contribution in [0.5, 0.6) is 0 Å². The van der Waals surface area contributed by atoms with Gasteiger partial charge in [0.05, 0.1) is 0 Å². The van der Waals surface area contributed by atoms with Gasteiger partial charge in [-0.15, -0.1) is 0 Å². The van der Waals surface area contributed by atoms with E-state index in [1.165, 1.54) is 32.1 Å². The third-order valence-electron chi connectivity index (χ3n) is 9.41. The van der Waals surface area contributed by atoms with Crippen molar-refractivity contribution in [2.24, 2.45) is 46.8 Å². The standard InChI is InChI=1S/C23H37F3O2/c1-3-28-13-14-4-6-16-15(12-14)5-7-18-17(16)10-11-22(2)19(18)8-9-20(22)21(27)23(24,25)26/h14-21,27H,3-13H2,1-2H3. The number of rotatable bonds is 4. The molecular formula is C23H37F3O2. The van der Waals surface area contributed by atoms with Gasteiger partial charge in [0.25, 0.3) is 0 Å². The molecule has 4 saturated carbocycles.